The maximum atomic E-state index is 13.4. The first-order valence-corrected chi connectivity index (χ1v) is 11.7. The summed E-state index contributed by atoms with van der Waals surface area (Å²) >= 11 is 12.7. The van der Waals surface area contributed by atoms with Gasteiger partial charge in [-0.15, -0.1) is 0 Å². The molecule has 0 spiro atoms. The van der Waals surface area contributed by atoms with Crippen LogP contribution in [0.3, 0.4) is 0 Å². The number of anilines is 2. The molecule has 1 saturated heterocycles. The maximum absolute atomic E-state index is 13.4. The van der Waals surface area contributed by atoms with E-state index in [1.807, 2.05) is 13.8 Å². The van der Waals surface area contributed by atoms with Crippen LogP contribution < -0.4 is 10.2 Å². The van der Waals surface area contributed by atoms with Gasteiger partial charge in [0, 0.05) is 11.6 Å². The fraction of sp³-hybridized carbons (Fsp3) is 0.217. The third kappa shape index (κ3) is 3.94. The van der Waals surface area contributed by atoms with Crippen molar-refractivity contribution in [3.63, 3.8) is 0 Å². The van der Waals surface area contributed by atoms with Crippen LogP contribution >= 0.6 is 35.6 Å². The van der Waals surface area contributed by atoms with Crippen LogP contribution in [0.1, 0.15) is 25.8 Å². The quantitative estimate of drug-likeness (QED) is 0.491. The van der Waals surface area contributed by atoms with E-state index in [0.29, 0.717) is 31.2 Å². The third-order valence-corrected chi connectivity index (χ3v) is 7.16. The van der Waals surface area contributed by atoms with E-state index in [2.05, 4.69) is 5.32 Å². The molecule has 2 aromatic carbocycles. The van der Waals surface area contributed by atoms with Gasteiger partial charge in [0.05, 0.1) is 26.9 Å². The van der Waals surface area contributed by atoms with Crippen molar-refractivity contribution in [3.8, 4) is 0 Å². The number of amides is 3. The summed E-state index contributed by atoms with van der Waals surface area (Å²) in [7, 11) is 0. The van der Waals surface area contributed by atoms with Gasteiger partial charge < -0.3 is 5.32 Å². The lowest BCUT2D eigenvalue weighted by atomic mass is 10.1. The molecular weight excluding hydrogens is 466 g/mol. The molecule has 2 aliphatic heterocycles. The van der Waals surface area contributed by atoms with Crippen LogP contribution in [-0.2, 0) is 14.4 Å². The number of halogens is 1. The lowest BCUT2D eigenvalue weighted by Gasteiger charge is -2.21. The molecule has 0 aliphatic carbocycles. The van der Waals surface area contributed by atoms with Gasteiger partial charge in [0.15, 0.2) is 0 Å². The average molecular weight is 486 g/mol. The molecule has 3 amide bonds. The van der Waals surface area contributed by atoms with Gasteiger partial charge in [-0.3, -0.25) is 24.2 Å². The number of benzene rings is 2. The zero-order valence-electron chi connectivity index (χ0n) is 17.4. The Morgan fingerprint density at radius 2 is 1.81 bits per heavy atom. The Kier molecular flexibility index (Phi) is 6.37. The molecule has 2 aliphatic rings. The molecule has 0 bridgehead atoms. The largest absolute Gasteiger partial charge is 0.323 e. The summed E-state index contributed by atoms with van der Waals surface area (Å²) in [6.07, 6.45) is 0.744. The summed E-state index contributed by atoms with van der Waals surface area (Å²) < 4.78 is 0.437. The summed E-state index contributed by atoms with van der Waals surface area (Å²) in [6.45, 7) is 3.69. The molecule has 32 heavy (non-hydrogen) atoms. The molecule has 6 nitrogen and oxygen atoms in total. The molecule has 1 N–H and O–H groups in total. The van der Waals surface area contributed by atoms with E-state index in [1.54, 1.807) is 53.4 Å². The van der Waals surface area contributed by atoms with Crippen LogP contribution in [0.15, 0.2) is 53.4 Å². The minimum absolute atomic E-state index is 0.0650. The van der Waals surface area contributed by atoms with Gasteiger partial charge in [-0.1, -0.05) is 72.8 Å². The molecular formula is C23H20ClN3O3S2. The van der Waals surface area contributed by atoms with Crippen molar-refractivity contribution in [2.75, 3.05) is 16.8 Å². The van der Waals surface area contributed by atoms with Crippen molar-refractivity contribution in [1.82, 2.24) is 4.90 Å². The number of rotatable bonds is 5. The predicted octanol–water partition coefficient (Wildman–Crippen LogP) is 4.70. The van der Waals surface area contributed by atoms with Crippen LogP contribution in [0.4, 0.5) is 11.4 Å². The second kappa shape index (κ2) is 9.05. The van der Waals surface area contributed by atoms with Crippen molar-refractivity contribution >= 4 is 74.6 Å². The number of para-hydroxylation sites is 2. The number of nitrogens with one attached hydrogen (secondary N) is 1. The topological polar surface area (TPSA) is 69.7 Å². The molecule has 164 valence electrons. The fourth-order valence-electron chi connectivity index (χ4n) is 3.65. The summed E-state index contributed by atoms with van der Waals surface area (Å²) in [5.74, 6) is -1.06. The molecule has 2 aromatic rings. The van der Waals surface area contributed by atoms with Crippen LogP contribution in [0.25, 0.3) is 5.57 Å². The van der Waals surface area contributed by atoms with E-state index in [4.69, 9.17) is 23.8 Å². The van der Waals surface area contributed by atoms with E-state index in [-0.39, 0.29) is 24.1 Å². The Balaban J connectivity index is 1.67. The summed E-state index contributed by atoms with van der Waals surface area (Å²) in [4.78, 5) is 42.6. The monoisotopic (exact) mass is 485 g/mol. The van der Waals surface area contributed by atoms with Gasteiger partial charge in [-0.05, 0) is 31.5 Å². The molecule has 2 heterocycles. The molecule has 1 atom stereocenters. The Morgan fingerprint density at radius 3 is 2.53 bits per heavy atom. The van der Waals surface area contributed by atoms with E-state index >= 15 is 0 Å². The standard InChI is InChI=1S/C23H20ClN3O3S2/c1-3-13(2)27-22(30)20(32-23(27)31)19-14-8-4-7-11-17(14)26(21(19)29)12-18(28)25-16-10-6-5-9-15(16)24/h4-11,13H,3,12H2,1-2H3,(H,25,28)/b20-19-/t13-/m1/s1. The van der Waals surface area contributed by atoms with Gasteiger partial charge >= 0.3 is 0 Å². The van der Waals surface area contributed by atoms with Gasteiger partial charge in [-0.2, -0.15) is 0 Å². The third-order valence-electron chi connectivity index (χ3n) is 5.43. The highest BCUT2D eigenvalue weighted by Crippen LogP contribution is 2.45. The Hall–Kier alpha value is -2.68. The van der Waals surface area contributed by atoms with Crippen molar-refractivity contribution in [1.29, 1.82) is 0 Å². The second-order valence-electron chi connectivity index (χ2n) is 7.44. The predicted molar refractivity (Wildman–Crippen MR) is 133 cm³/mol. The number of nitrogens with zero attached hydrogens (tertiary/aromatic N) is 2. The number of thiocarbonyl (C=S) groups is 1. The van der Waals surface area contributed by atoms with E-state index < -0.39 is 11.8 Å². The maximum Gasteiger partial charge on any atom is 0.267 e. The van der Waals surface area contributed by atoms with Crippen LogP contribution in [0, 0.1) is 0 Å². The molecule has 0 radical (unpaired) electrons. The first kappa shape index (κ1) is 22.5. The first-order chi connectivity index (χ1) is 15.3. The summed E-state index contributed by atoms with van der Waals surface area (Å²) in [5, 5.41) is 3.14. The number of fused-ring (bicyclic) bond motifs is 1. The fourth-order valence-corrected chi connectivity index (χ4v) is 5.36. The van der Waals surface area contributed by atoms with Crippen molar-refractivity contribution in [3.05, 3.63) is 64.0 Å². The summed E-state index contributed by atoms with van der Waals surface area (Å²) in [5.41, 5.74) is 1.95. The molecule has 4 rings (SSSR count). The average Bonchev–Trinajstić information content (AvgIpc) is 3.21. The minimum atomic E-state index is -0.398. The highest BCUT2D eigenvalue weighted by Gasteiger charge is 2.43. The lowest BCUT2D eigenvalue weighted by Crippen LogP contribution is -2.37. The van der Waals surface area contributed by atoms with Crippen LogP contribution in [0.5, 0.6) is 0 Å². The second-order valence-corrected chi connectivity index (χ2v) is 9.49. The van der Waals surface area contributed by atoms with Gasteiger partial charge in [0.2, 0.25) is 5.91 Å². The molecule has 0 unspecified atom stereocenters. The van der Waals surface area contributed by atoms with Crippen molar-refractivity contribution < 1.29 is 14.4 Å². The SMILES string of the molecule is CC[C@@H](C)N1C(=O)/C(=C2/C(=O)N(CC(=O)Nc3ccccc3Cl)c3ccccc32)SC1=S. The Morgan fingerprint density at radius 1 is 1.12 bits per heavy atom. The van der Waals surface area contributed by atoms with Crippen LogP contribution in [0.2, 0.25) is 5.02 Å². The number of carbonyl (C=O) groups excluding carboxylic acids is 3. The number of thioether (sulfide) groups is 1. The zero-order valence-corrected chi connectivity index (χ0v) is 19.8. The zero-order chi connectivity index (χ0) is 23.0. The Bertz CT molecular complexity index is 1180. The molecule has 0 saturated carbocycles. The normalized spacial score (nSPS) is 18.9. The van der Waals surface area contributed by atoms with Crippen LogP contribution in [-0.4, -0.2) is 39.5 Å². The lowest BCUT2D eigenvalue weighted by molar-refractivity contribution is -0.123. The van der Waals surface area contributed by atoms with E-state index in [1.165, 1.54) is 4.90 Å². The summed E-state index contributed by atoms with van der Waals surface area (Å²) in [6, 6.07) is 14.0. The number of hydrogen-bond acceptors (Lipinski definition) is 5. The molecule has 0 aromatic heterocycles. The Labute approximate surface area is 200 Å². The number of carbonyl (C=O) groups is 3. The molecule has 1 fully saturated rings. The molecule has 9 heteroatoms. The number of hydrogen-bond donors (Lipinski definition) is 1. The van der Waals surface area contributed by atoms with Crippen molar-refractivity contribution in [2.24, 2.45) is 0 Å². The van der Waals surface area contributed by atoms with Gasteiger partial charge in [0.25, 0.3) is 11.8 Å². The van der Waals surface area contributed by atoms with E-state index in [9.17, 15) is 14.4 Å². The van der Waals surface area contributed by atoms with Crippen molar-refractivity contribution in [2.45, 2.75) is 26.3 Å². The van der Waals surface area contributed by atoms with Gasteiger partial charge in [-0.25, -0.2) is 0 Å². The highest BCUT2D eigenvalue weighted by atomic mass is 35.5. The smallest absolute Gasteiger partial charge is 0.267 e. The first-order valence-electron chi connectivity index (χ1n) is 10.1. The van der Waals surface area contributed by atoms with E-state index in [0.717, 1.165) is 18.2 Å². The minimum Gasteiger partial charge on any atom is -0.323 e. The van der Waals surface area contributed by atoms with Gasteiger partial charge in [0.1, 0.15) is 10.9 Å². The highest BCUT2D eigenvalue weighted by molar-refractivity contribution is 8.26.